The Morgan fingerprint density at radius 3 is 2.06 bits per heavy atom. The lowest BCUT2D eigenvalue weighted by molar-refractivity contribution is -0.134. The molecule has 10 nitrogen and oxygen atoms in total. The van der Waals surface area contributed by atoms with E-state index in [0.717, 1.165) is 96.3 Å². The fourth-order valence-corrected chi connectivity index (χ4v) is 7.65. The summed E-state index contributed by atoms with van der Waals surface area (Å²) in [5, 5.41) is 15.6. The Labute approximate surface area is 335 Å². The van der Waals surface area contributed by atoms with Crippen LogP contribution in [-0.4, -0.2) is 122 Å². The Bertz CT molecular complexity index is 1570. The second-order valence-corrected chi connectivity index (χ2v) is 15.0. The highest BCUT2D eigenvalue weighted by atomic mass is 35.5. The van der Waals surface area contributed by atoms with Crippen molar-refractivity contribution in [1.82, 2.24) is 14.7 Å². The van der Waals surface area contributed by atoms with Crippen molar-refractivity contribution in [1.29, 1.82) is 0 Å². The lowest BCUT2D eigenvalue weighted by Gasteiger charge is -2.38. The van der Waals surface area contributed by atoms with Crippen LogP contribution >= 0.6 is 35.9 Å². The molecule has 3 aromatic carbocycles. The minimum Gasteiger partial charge on any atom is -0.494 e. The lowest BCUT2D eigenvalue weighted by Crippen LogP contribution is -2.46. The largest absolute Gasteiger partial charge is 0.494 e. The Balaban J connectivity index is 0.000000241. The van der Waals surface area contributed by atoms with Gasteiger partial charge in [0.05, 0.1) is 26.4 Å². The number of halogens is 1. The molecule has 0 aromatic heterocycles. The molecular formula is C41H56ClN3O7S2. The summed E-state index contributed by atoms with van der Waals surface area (Å²) in [5.41, 5.74) is 3.01. The summed E-state index contributed by atoms with van der Waals surface area (Å²) in [7, 11) is 2.23. The van der Waals surface area contributed by atoms with Gasteiger partial charge in [-0.05, 0) is 92.2 Å². The summed E-state index contributed by atoms with van der Waals surface area (Å²) in [6, 6.07) is 24.4. The maximum absolute atomic E-state index is 9.55. The first-order valence-corrected chi connectivity index (χ1v) is 20.5. The van der Waals surface area contributed by atoms with Gasteiger partial charge in [0.15, 0.2) is 0 Å². The lowest BCUT2D eigenvalue weighted by atomic mass is 9.96. The van der Waals surface area contributed by atoms with Crippen molar-refractivity contribution in [2.24, 2.45) is 0 Å². The molecule has 3 aromatic rings. The predicted molar refractivity (Wildman–Crippen MR) is 220 cm³/mol. The maximum atomic E-state index is 9.55. The Morgan fingerprint density at radius 1 is 0.852 bits per heavy atom. The van der Waals surface area contributed by atoms with Crippen LogP contribution in [0.25, 0.3) is 0 Å². The second kappa shape index (κ2) is 25.0. The third kappa shape index (κ3) is 15.9. The Kier molecular flexibility index (Phi) is 20.9. The first-order valence-electron chi connectivity index (χ1n) is 18.4. The van der Waals surface area contributed by atoms with Crippen LogP contribution in [0.1, 0.15) is 43.4 Å². The summed E-state index contributed by atoms with van der Waals surface area (Å²) >= 11 is 3.79. The number of aliphatic carboxylic acids is 2. The van der Waals surface area contributed by atoms with Crippen molar-refractivity contribution in [3.8, 4) is 11.5 Å². The van der Waals surface area contributed by atoms with Gasteiger partial charge in [0.1, 0.15) is 11.5 Å². The van der Waals surface area contributed by atoms with Crippen LogP contribution in [-0.2, 0) is 20.7 Å². The molecule has 3 aliphatic rings. The molecule has 6 rings (SSSR count). The third-order valence-electron chi connectivity index (χ3n) is 9.11. The molecule has 0 aliphatic carbocycles. The topological polar surface area (TPSA) is 112 Å². The zero-order valence-electron chi connectivity index (χ0n) is 31.7. The van der Waals surface area contributed by atoms with E-state index in [0.29, 0.717) is 18.2 Å². The minimum atomic E-state index is -1.26. The first-order chi connectivity index (χ1) is 25.7. The van der Waals surface area contributed by atoms with Gasteiger partial charge in [0, 0.05) is 78.7 Å². The third-order valence-corrected chi connectivity index (χ3v) is 11.0. The number of piperazine rings is 1. The van der Waals surface area contributed by atoms with E-state index in [2.05, 4.69) is 77.4 Å². The highest BCUT2D eigenvalue weighted by Crippen LogP contribution is 2.44. The van der Waals surface area contributed by atoms with Crippen molar-refractivity contribution >= 4 is 47.9 Å². The summed E-state index contributed by atoms with van der Waals surface area (Å²) in [4.78, 5) is 30.9. The summed E-state index contributed by atoms with van der Waals surface area (Å²) in [5.74, 6) is -0.677. The number of unbranched alkanes of at least 4 members (excludes halogenated alkanes) is 1. The van der Waals surface area contributed by atoms with Gasteiger partial charge in [0.25, 0.3) is 0 Å². The van der Waals surface area contributed by atoms with E-state index in [1.54, 1.807) is 0 Å². The molecule has 3 heterocycles. The quantitative estimate of drug-likeness (QED) is 0.101. The number of ether oxygens (including phenoxy) is 3. The molecule has 296 valence electrons. The average Bonchev–Trinajstić information content (AvgIpc) is 3.34. The zero-order chi connectivity index (χ0) is 37.8. The number of fused-ring (bicyclic) bond motifs is 2. The normalized spacial score (nSPS) is 17.3. The van der Waals surface area contributed by atoms with Crippen LogP contribution in [0.15, 0.2) is 93.6 Å². The van der Waals surface area contributed by atoms with E-state index < -0.39 is 11.9 Å². The number of thioether (sulfide) groups is 1. The van der Waals surface area contributed by atoms with Crippen LogP contribution in [0, 0.1) is 0 Å². The minimum absolute atomic E-state index is 0. The van der Waals surface area contributed by atoms with E-state index in [1.165, 1.54) is 38.9 Å². The molecule has 2 N–H and O–H groups in total. The van der Waals surface area contributed by atoms with Crippen LogP contribution in [0.2, 0.25) is 0 Å². The second-order valence-electron chi connectivity index (χ2n) is 13.0. The highest BCUT2D eigenvalue weighted by Gasteiger charge is 2.29. The van der Waals surface area contributed by atoms with Gasteiger partial charge < -0.3 is 29.3 Å². The van der Waals surface area contributed by atoms with Crippen LogP contribution in [0.4, 0.5) is 0 Å². The molecule has 0 saturated carbocycles. The summed E-state index contributed by atoms with van der Waals surface area (Å²) in [6.07, 6.45) is 7.71. The van der Waals surface area contributed by atoms with Crippen molar-refractivity contribution in [3.05, 3.63) is 90.0 Å². The summed E-state index contributed by atoms with van der Waals surface area (Å²) < 4.78 is 16.7. The first kappa shape index (κ1) is 45.2. The van der Waals surface area contributed by atoms with E-state index in [-0.39, 0.29) is 12.4 Å². The molecule has 0 spiro atoms. The molecule has 1 unspecified atom stereocenters. The fourth-order valence-electron chi connectivity index (χ4n) is 6.09. The highest BCUT2D eigenvalue weighted by molar-refractivity contribution is 7.99. The Hall–Kier alpha value is -3.23. The van der Waals surface area contributed by atoms with E-state index in [1.807, 2.05) is 47.8 Å². The fraction of sp³-hybridized carbons (Fsp3) is 0.463. The van der Waals surface area contributed by atoms with E-state index in [4.69, 9.17) is 24.4 Å². The van der Waals surface area contributed by atoms with Gasteiger partial charge in [0.2, 0.25) is 0 Å². The molecule has 54 heavy (non-hydrogen) atoms. The predicted octanol–water partition coefficient (Wildman–Crippen LogP) is 7.50. The molecule has 3 aliphatic heterocycles. The van der Waals surface area contributed by atoms with Crippen molar-refractivity contribution in [2.75, 3.05) is 85.5 Å². The number of carbonyl (C=O) groups is 2. The van der Waals surface area contributed by atoms with Crippen molar-refractivity contribution in [2.45, 2.75) is 53.3 Å². The number of benzene rings is 3. The SMILES string of the molecule is CCCCOc1ccc(OCCCN2CCOCC2)cc1.CSc1ccc2c(c1)C(N1CCN(C)CC1)Cc1ccccc1S2.Cl.O=C(O)C=CC(=O)O. The maximum Gasteiger partial charge on any atom is 0.328 e. The average molecular weight is 803 g/mol. The van der Waals surface area contributed by atoms with Gasteiger partial charge in [-0.15, -0.1) is 24.2 Å². The number of hydrogen-bond donors (Lipinski definition) is 2. The number of nitrogens with zero attached hydrogens (tertiary/aromatic N) is 3. The molecule has 0 amide bonds. The van der Waals surface area contributed by atoms with Gasteiger partial charge in [-0.3, -0.25) is 9.80 Å². The van der Waals surface area contributed by atoms with Gasteiger partial charge in [-0.2, -0.15) is 0 Å². The Morgan fingerprint density at radius 2 is 1.46 bits per heavy atom. The molecule has 0 radical (unpaired) electrons. The molecular weight excluding hydrogens is 746 g/mol. The number of hydrogen-bond acceptors (Lipinski definition) is 10. The zero-order valence-corrected chi connectivity index (χ0v) is 34.1. The van der Waals surface area contributed by atoms with Gasteiger partial charge >= 0.3 is 11.9 Å². The van der Waals surface area contributed by atoms with Crippen molar-refractivity contribution in [3.63, 3.8) is 0 Å². The number of carboxylic acids is 2. The molecule has 0 bridgehead atoms. The monoisotopic (exact) mass is 801 g/mol. The van der Waals surface area contributed by atoms with Gasteiger partial charge in [-0.25, -0.2) is 9.59 Å². The van der Waals surface area contributed by atoms with E-state index in [9.17, 15) is 9.59 Å². The number of likely N-dealkylation sites (N-methyl/N-ethyl adjacent to an activating group) is 1. The number of carboxylic acid groups (broad SMARTS) is 2. The molecule has 2 saturated heterocycles. The standard InChI is InChI=1S/C20H24N2S2.C17H27NO3.C4H4O4.ClH/c1-21-9-11-22(12-10-21)18-13-15-5-3-4-6-19(15)24-20-8-7-16(23-2)14-17(18)20;1-2-3-12-20-16-5-7-17(8-6-16)21-13-4-9-18-10-14-19-15-11-18;5-3(6)1-2-4(7)8;/h3-8,14,18H,9-13H2,1-2H3;5-8H,2-4,9-15H2,1H3;1-2H,(H,5,6)(H,7,8);1H. The number of morpholine rings is 1. The van der Waals surface area contributed by atoms with Crippen LogP contribution in [0.3, 0.4) is 0 Å². The van der Waals surface area contributed by atoms with Gasteiger partial charge in [-0.1, -0.05) is 43.3 Å². The van der Waals surface area contributed by atoms with Crippen LogP contribution in [0.5, 0.6) is 11.5 Å². The number of rotatable bonds is 13. The molecule has 2 fully saturated rings. The van der Waals surface area contributed by atoms with Crippen LogP contribution < -0.4 is 9.47 Å². The smallest absolute Gasteiger partial charge is 0.328 e. The molecule has 1 atom stereocenters. The summed E-state index contributed by atoms with van der Waals surface area (Å²) in [6.45, 7) is 13.3. The molecule has 13 heteroatoms. The van der Waals surface area contributed by atoms with E-state index >= 15 is 0 Å². The van der Waals surface area contributed by atoms with Crippen molar-refractivity contribution < 1.29 is 34.0 Å².